The number of hydrogen-bond acceptors (Lipinski definition) is 5. The van der Waals surface area contributed by atoms with Gasteiger partial charge in [-0.05, 0) is 35.4 Å². The van der Waals surface area contributed by atoms with Crippen molar-refractivity contribution in [2.45, 2.75) is 32.1 Å². The normalized spacial score (nSPS) is 18.5. The van der Waals surface area contributed by atoms with E-state index in [1.807, 2.05) is 28.0 Å². The van der Waals surface area contributed by atoms with Gasteiger partial charge >= 0.3 is 0 Å². The van der Waals surface area contributed by atoms with Gasteiger partial charge in [-0.3, -0.25) is 9.59 Å². The van der Waals surface area contributed by atoms with E-state index in [4.69, 9.17) is 0 Å². The number of tetrazole rings is 1. The number of carbonyl (C=O) groups is 2. The summed E-state index contributed by atoms with van der Waals surface area (Å²) in [7, 11) is 0. The van der Waals surface area contributed by atoms with Crippen molar-refractivity contribution in [1.82, 2.24) is 30.0 Å². The van der Waals surface area contributed by atoms with E-state index in [9.17, 15) is 9.59 Å². The molecule has 27 heavy (non-hydrogen) atoms. The Morgan fingerprint density at radius 2 is 1.63 bits per heavy atom. The van der Waals surface area contributed by atoms with Crippen LogP contribution in [0.1, 0.15) is 42.5 Å². The lowest BCUT2D eigenvalue weighted by Crippen LogP contribution is -2.52. The van der Waals surface area contributed by atoms with Crippen molar-refractivity contribution in [1.29, 1.82) is 0 Å². The third kappa shape index (κ3) is 3.70. The SMILES string of the molecule is O=C(c1ccccc1-n1cnnn1)N1CCN(C(=O)C2CCCCC2)CC1. The van der Waals surface area contributed by atoms with Crippen molar-refractivity contribution >= 4 is 11.8 Å². The number of rotatable bonds is 3. The maximum atomic E-state index is 13.0. The van der Waals surface area contributed by atoms with Crippen molar-refractivity contribution in [3.63, 3.8) is 0 Å². The molecule has 0 bridgehead atoms. The number of amides is 2. The molecule has 2 aliphatic rings. The van der Waals surface area contributed by atoms with Crippen LogP contribution in [0.2, 0.25) is 0 Å². The summed E-state index contributed by atoms with van der Waals surface area (Å²) < 4.78 is 1.50. The van der Waals surface area contributed by atoms with Gasteiger partial charge in [-0.1, -0.05) is 31.4 Å². The second-order valence-corrected chi connectivity index (χ2v) is 7.22. The second kappa shape index (κ2) is 7.85. The van der Waals surface area contributed by atoms with Crippen LogP contribution in [-0.4, -0.2) is 68.0 Å². The van der Waals surface area contributed by atoms with Gasteiger partial charge in [-0.25, -0.2) is 0 Å². The fourth-order valence-corrected chi connectivity index (χ4v) is 4.03. The number of aromatic nitrogens is 4. The first-order valence-electron chi connectivity index (χ1n) is 9.64. The Bertz CT molecular complexity index is 792. The predicted octanol–water partition coefficient (Wildman–Crippen LogP) is 1.53. The van der Waals surface area contributed by atoms with Crippen molar-refractivity contribution in [2.75, 3.05) is 26.2 Å². The molecule has 1 aromatic carbocycles. The summed E-state index contributed by atoms with van der Waals surface area (Å²) in [5, 5.41) is 11.2. The molecule has 8 nitrogen and oxygen atoms in total. The molecule has 0 atom stereocenters. The molecule has 2 amide bonds. The fraction of sp³-hybridized carbons (Fsp3) is 0.526. The average molecular weight is 368 g/mol. The average Bonchev–Trinajstić information content (AvgIpc) is 3.28. The Morgan fingerprint density at radius 3 is 2.33 bits per heavy atom. The van der Waals surface area contributed by atoms with Crippen LogP contribution in [-0.2, 0) is 4.79 Å². The minimum absolute atomic E-state index is 0.0501. The quantitative estimate of drug-likeness (QED) is 0.820. The summed E-state index contributed by atoms with van der Waals surface area (Å²) in [5.41, 5.74) is 1.23. The summed E-state index contributed by atoms with van der Waals surface area (Å²) in [4.78, 5) is 29.5. The van der Waals surface area contributed by atoms with Crippen LogP contribution in [0.15, 0.2) is 30.6 Å². The lowest BCUT2D eigenvalue weighted by molar-refractivity contribution is -0.138. The second-order valence-electron chi connectivity index (χ2n) is 7.22. The molecular formula is C19H24N6O2. The van der Waals surface area contributed by atoms with E-state index in [0.717, 1.165) is 25.7 Å². The predicted molar refractivity (Wildman–Crippen MR) is 98.2 cm³/mol. The Kier molecular flexibility index (Phi) is 5.13. The van der Waals surface area contributed by atoms with Gasteiger partial charge in [0.1, 0.15) is 6.33 Å². The van der Waals surface area contributed by atoms with Gasteiger partial charge < -0.3 is 9.80 Å². The van der Waals surface area contributed by atoms with Crippen LogP contribution in [0.3, 0.4) is 0 Å². The smallest absolute Gasteiger partial charge is 0.256 e. The van der Waals surface area contributed by atoms with Gasteiger partial charge in [-0.15, -0.1) is 5.10 Å². The van der Waals surface area contributed by atoms with Gasteiger partial charge in [0.25, 0.3) is 5.91 Å². The molecule has 2 fully saturated rings. The van der Waals surface area contributed by atoms with Gasteiger partial charge in [-0.2, -0.15) is 4.68 Å². The molecule has 4 rings (SSSR count). The Morgan fingerprint density at radius 1 is 0.926 bits per heavy atom. The molecule has 2 heterocycles. The lowest BCUT2D eigenvalue weighted by atomic mass is 9.88. The highest BCUT2D eigenvalue weighted by molar-refractivity contribution is 5.98. The molecule has 1 aliphatic carbocycles. The first-order valence-corrected chi connectivity index (χ1v) is 9.64. The maximum Gasteiger partial charge on any atom is 0.256 e. The van der Waals surface area contributed by atoms with Crippen molar-refractivity contribution in [3.8, 4) is 5.69 Å². The van der Waals surface area contributed by atoms with E-state index >= 15 is 0 Å². The molecule has 2 aromatic rings. The molecule has 0 radical (unpaired) electrons. The summed E-state index contributed by atoms with van der Waals surface area (Å²) >= 11 is 0. The van der Waals surface area contributed by atoms with Crippen LogP contribution >= 0.6 is 0 Å². The van der Waals surface area contributed by atoms with Gasteiger partial charge in [0.15, 0.2) is 0 Å². The molecule has 8 heteroatoms. The van der Waals surface area contributed by atoms with Crippen LogP contribution in [0.4, 0.5) is 0 Å². The van der Waals surface area contributed by atoms with Gasteiger partial charge in [0.05, 0.1) is 11.3 Å². The van der Waals surface area contributed by atoms with E-state index in [0.29, 0.717) is 37.4 Å². The highest BCUT2D eigenvalue weighted by atomic mass is 16.2. The van der Waals surface area contributed by atoms with E-state index < -0.39 is 0 Å². The summed E-state index contributed by atoms with van der Waals surface area (Å²) in [5.74, 6) is 0.406. The standard InChI is InChI=1S/C19H24N6O2/c26-18(15-6-2-1-3-7-15)23-10-12-24(13-11-23)19(27)16-8-4-5-9-17(16)25-14-20-21-22-25/h4-5,8-9,14-15H,1-3,6-7,10-13H2. The maximum absolute atomic E-state index is 13.0. The number of benzene rings is 1. The molecule has 0 N–H and O–H groups in total. The molecular weight excluding hydrogens is 344 g/mol. The van der Waals surface area contributed by atoms with Crippen LogP contribution in [0.5, 0.6) is 0 Å². The van der Waals surface area contributed by atoms with Crippen LogP contribution < -0.4 is 0 Å². The monoisotopic (exact) mass is 368 g/mol. The van der Waals surface area contributed by atoms with Crippen molar-refractivity contribution in [2.24, 2.45) is 5.92 Å². The number of para-hydroxylation sites is 1. The highest BCUT2D eigenvalue weighted by Crippen LogP contribution is 2.26. The van der Waals surface area contributed by atoms with Crippen LogP contribution in [0, 0.1) is 5.92 Å². The lowest BCUT2D eigenvalue weighted by Gasteiger charge is -2.37. The highest BCUT2D eigenvalue weighted by Gasteiger charge is 2.30. The number of piperazine rings is 1. The molecule has 1 aromatic heterocycles. The van der Waals surface area contributed by atoms with Crippen LogP contribution in [0.25, 0.3) is 5.69 Å². The van der Waals surface area contributed by atoms with E-state index in [1.165, 1.54) is 17.4 Å². The third-order valence-electron chi connectivity index (χ3n) is 5.56. The van der Waals surface area contributed by atoms with E-state index in [1.54, 1.807) is 6.07 Å². The summed E-state index contributed by atoms with van der Waals surface area (Å²) in [6.07, 6.45) is 7.06. The molecule has 142 valence electrons. The minimum Gasteiger partial charge on any atom is -0.339 e. The number of hydrogen-bond donors (Lipinski definition) is 0. The van der Waals surface area contributed by atoms with Gasteiger partial charge in [0.2, 0.25) is 5.91 Å². The number of carbonyl (C=O) groups excluding carboxylic acids is 2. The summed E-state index contributed by atoms with van der Waals surface area (Å²) in [6.45, 7) is 2.32. The Hall–Kier alpha value is -2.77. The molecule has 1 aliphatic heterocycles. The minimum atomic E-state index is -0.0501. The Labute approximate surface area is 158 Å². The zero-order chi connectivity index (χ0) is 18.6. The summed E-state index contributed by atoms with van der Waals surface area (Å²) in [6, 6.07) is 7.31. The van der Waals surface area contributed by atoms with E-state index in [2.05, 4.69) is 15.5 Å². The fourth-order valence-electron chi connectivity index (χ4n) is 4.03. The first kappa shape index (κ1) is 17.6. The molecule has 1 saturated carbocycles. The molecule has 0 unspecified atom stereocenters. The van der Waals surface area contributed by atoms with Crippen molar-refractivity contribution < 1.29 is 9.59 Å². The van der Waals surface area contributed by atoms with Gasteiger partial charge in [0, 0.05) is 32.1 Å². The molecule has 1 saturated heterocycles. The third-order valence-corrected chi connectivity index (χ3v) is 5.56. The van der Waals surface area contributed by atoms with E-state index in [-0.39, 0.29) is 17.7 Å². The van der Waals surface area contributed by atoms with Crippen molar-refractivity contribution in [3.05, 3.63) is 36.2 Å². The Balaban J connectivity index is 1.41. The first-order chi connectivity index (χ1) is 13.2. The molecule has 0 spiro atoms. The zero-order valence-corrected chi connectivity index (χ0v) is 15.3. The topological polar surface area (TPSA) is 84.2 Å². The number of nitrogens with zero attached hydrogens (tertiary/aromatic N) is 6. The largest absolute Gasteiger partial charge is 0.339 e. The zero-order valence-electron chi connectivity index (χ0n) is 15.3.